The number of rotatable bonds is 7. The molecule has 0 aliphatic heterocycles. The van der Waals surface area contributed by atoms with Gasteiger partial charge < -0.3 is 14.8 Å². The number of Topliss-reactive ketones (excluding diaryl/α,β-unsaturated/α-hetero) is 1. The van der Waals surface area contributed by atoms with E-state index in [1.54, 1.807) is 25.3 Å². The normalized spacial score (nSPS) is 10.2. The molecule has 0 fully saturated rings. The minimum atomic E-state index is -0.233. The predicted molar refractivity (Wildman–Crippen MR) is 97.7 cm³/mol. The van der Waals surface area contributed by atoms with Gasteiger partial charge in [-0.2, -0.15) is 0 Å². The fourth-order valence-electron chi connectivity index (χ4n) is 2.53. The van der Waals surface area contributed by atoms with E-state index in [4.69, 9.17) is 9.47 Å². The first-order valence-corrected chi connectivity index (χ1v) is 8.07. The first-order chi connectivity index (χ1) is 11.9. The van der Waals surface area contributed by atoms with Crippen LogP contribution >= 0.6 is 0 Å². The highest BCUT2D eigenvalue weighted by atomic mass is 16.5. The molecule has 0 aliphatic rings. The zero-order valence-corrected chi connectivity index (χ0v) is 15.0. The number of amides is 1. The Bertz CT molecular complexity index is 783. The second kappa shape index (κ2) is 8.33. The number of methoxy groups -OCH3 is 2. The minimum absolute atomic E-state index is 0.0903. The zero-order valence-electron chi connectivity index (χ0n) is 15.0. The van der Waals surface area contributed by atoms with Crippen molar-refractivity contribution in [1.29, 1.82) is 0 Å². The predicted octanol–water partition coefficient (Wildman–Crippen LogP) is 3.92. The van der Waals surface area contributed by atoms with E-state index in [0.717, 1.165) is 11.1 Å². The van der Waals surface area contributed by atoms with Crippen LogP contribution in [-0.2, 0) is 4.79 Å². The number of aryl methyl sites for hydroxylation is 2. The molecule has 132 valence electrons. The third-order valence-electron chi connectivity index (χ3n) is 3.86. The average molecular weight is 341 g/mol. The van der Waals surface area contributed by atoms with E-state index in [0.29, 0.717) is 22.7 Å². The SMILES string of the molecule is COc1ccc(C)cc1NC(=O)CCC(=O)c1cc(C)ccc1OC. The Labute approximate surface area is 148 Å². The lowest BCUT2D eigenvalue weighted by Gasteiger charge is -2.11. The van der Waals surface area contributed by atoms with E-state index < -0.39 is 0 Å². The van der Waals surface area contributed by atoms with E-state index in [9.17, 15) is 9.59 Å². The van der Waals surface area contributed by atoms with Crippen LogP contribution < -0.4 is 14.8 Å². The van der Waals surface area contributed by atoms with Crippen molar-refractivity contribution in [3.63, 3.8) is 0 Å². The molecule has 0 aliphatic carbocycles. The highest BCUT2D eigenvalue weighted by Crippen LogP contribution is 2.26. The fourth-order valence-corrected chi connectivity index (χ4v) is 2.53. The molecule has 0 heterocycles. The zero-order chi connectivity index (χ0) is 18.4. The highest BCUT2D eigenvalue weighted by Gasteiger charge is 2.15. The number of benzene rings is 2. The van der Waals surface area contributed by atoms with Crippen molar-refractivity contribution >= 4 is 17.4 Å². The van der Waals surface area contributed by atoms with Crippen molar-refractivity contribution in [2.24, 2.45) is 0 Å². The summed E-state index contributed by atoms with van der Waals surface area (Å²) in [5.74, 6) is 0.762. The number of ketones is 1. The summed E-state index contributed by atoms with van der Waals surface area (Å²) in [7, 11) is 3.08. The molecule has 2 rings (SSSR count). The summed E-state index contributed by atoms with van der Waals surface area (Å²) in [5.41, 5.74) is 3.09. The third-order valence-corrected chi connectivity index (χ3v) is 3.86. The van der Waals surface area contributed by atoms with Gasteiger partial charge in [-0.05, 0) is 43.7 Å². The van der Waals surface area contributed by atoms with Crippen LogP contribution in [-0.4, -0.2) is 25.9 Å². The van der Waals surface area contributed by atoms with Gasteiger partial charge in [-0.25, -0.2) is 0 Å². The van der Waals surface area contributed by atoms with Crippen LogP contribution in [0.4, 0.5) is 5.69 Å². The van der Waals surface area contributed by atoms with E-state index in [1.807, 2.05) is 32.0 Å². The lowest BCUT2D eigenvalue weighted by Crippen LogP contribution is -2.14. The highest BCUT2D eigenvalue weighted by molar-refractivity contribution is 6.02. The van der Waals surface area contributed by atoms with Gasteiger partial charge >= 0.3 is 0 Å². The van der Waals surface area contributed by atoms with Crippen LogP contribution in [0.15, 0.2) is 36.4 Å². The summed E-state index contributed by atoms with van der Waals surface area (Å²) >= 11 is 0. The Morgan fingerprint density at radius 1 is 0.880 bits per heavy atom. The summed E-state index contributed by atoms with van der Waals surface area (Å²) in [6.07, 6.45) is 0.201. The molecule has 0 radical (unpaired) electrons. The van der Waals surface area contributed by atoms with E-state index in [-0.39, 0.29) is 24.5 Å². The molecule has 0 bridgehead atoms. The molecule has 0 atom stereocenters. The van der Waals surface area contributed by atoms with Gasteiger partial charge in [0.05, 0.1) is 25.5 Å². The maximum absolute atomic E-state index is 12.4. The number of nitrogens with one attached hydrogen (secondary N) is 1. The Morgan fingerprint density at radius 2 is 1.48 bits per heavy atom. The molecule has 5 heteroatoms. The smallest absolute Gasteiger partial charge is 0.224 e. The standard InChI is InChI=1S/C20H23NO4/c1-13-5-8-18(24-3)15(11-13)17(22)7-10-20(23)21-16-12-14(2)6-9-19(16)25-4/h5-6,8-9,11-12H,7,10H2,1-4H3,(H,21,23). The monoisotopic (exact) mass is 341 g/mol. The summed E-state index contributed by atoms with van der Waals surface area (Å²) in [4.78, 5) is 24.6. The summed E-state index contributed by atoms with van der Waals surface area (Å²) < 4.78 is 10.5. The Balaban J connectivity index is 2.02. The Morgan fingerprint density at radius 3 is 2.12 bits per heavy atom. The molecule has 2 aromatic rings. The molecule has 2 aromatic carbocycles. The van der Waals surface area contributed by atoms with E-state index in [2.05, 4.69) is 5.32 Å². The number of ether oxygens (including phenoxy) is 2. The second-order valence-corrected chi connectivity index (χ2v) is 5.88. The molecule has 0 unspecified atom stereocenters. The Kier molecular flexibility index (Phi) is 6.17. The maximum Gasteiger partial charge on any atom is 0.224 e. The molecule has 1 amide bonds. The molecule has 25 heavy (non-hydrogen) atoms. The number of carbonyl (C=O) groups excluding carboxylic acids is 2. The van der Waals surface area contributed by atoms with Gasteiger partial charge in [0.15, 0.2) is 5.78 Å². The molecule has 0 saturated heterocycles. The molecule has 0 saturated carbocycles. The van der Waals surface area contributed by atoms with Crippen LogP contribution in [0.1, 0.15) is 34.3 Å². The molecular formula is C20H23NO4. The molecular weight excluding hydrogens is 318 g/mol. The van der Waals surface area contributed by atoms with Gasteiger partial charge in [-0.15, -0.1) is 0 Å². The van der Waals surface area contributed by atoms with Crippen molar-refractivity contribution in [2.45, 2.75) is 26.7 Å². The lowest BCUT2D eigenvalue weighted by atomic mass is 10.0. The number of hydrogen-bond donors (Lipinski definition) is 1. The molecule has 1 N–H and O–H groups in total. The van der Waals surface area contributed by atoms with Gasteiger partial charge in [0.25, 0.3) is 0 Å². The van der Waals surface area contributed by atoms with Gasteiger partial charge in [-0.3, -0.25) is 9.59 Å². The van der Waals surface area contributed by atoms with Crippen LogP contribution in [0, 0.1) is 13.8 Å². The number of carbonyl (C=O) groups is 2. The van der Waals surface area contributed by atoms with Crippen molar-refractivity contribution in [3.8, 4) is 11.5 Å². The third kappa shape index (κ3) is 4.83. The van der Waals surface area contributed by atoms with Crippen molar-refractivity contribution in [3.05, 3.63) is 53.1 Å². The van der Waals surface area contributed by atoms with Gasteiger partial charge in [0.2, 0.25) is 5.91 Å². The quantitative estimate of drug-likeness (QED) is 0.775. The van der Waals surface area contributed by atoms with Crippen LogP contribution in [0.3, 0.4) is 0 Å². The largest absolute Gasteiger partial charge is 0.496 e. The number of anilines is 1. The first-order valence-electron chi connectivity index (χ1n) is 8.07. The van der Waals surface area contributed by atoms with Crippen molar-refractivity contribution < 1.29 is 19.1 Å². The van der Waals surface area contributed by atoms with Crippen molar-refractivity contribution in [1.82, 2.24) is 0 Å². The maximum atomic E-state index is 12.4. The van der Waals surface area contributed by atoms with Crippen LogP contribution in [0.25, 0.3) is 0 Å². The topological polar surface area (TPSA) is 64.6 Å². The second-order valence-electron chi connectivity index (χ2n) is 5.88. The van der Waals surface area contributed by atoms with Crippen LogP contribution in [0.2, 0.25) is 0 Å². The molecule has 0 spiro atoms. The van der Waals surface area contributed by atoms with Gasteiger partial charge in [0.1, 0.15) is 11.5 Å². The van der Waals surface area contributed by atoms with E-state index >= 15 is 0 Å². The summed E-state index contributed by atoms with van der Waals surface area (Å²) in [6, 6.07) is 11.0. The van der Waals surface area contributed by atoms with Gasteiger partial charge in [0, 0.05) is 12.8 Å². The summed E-state index contributed by atoms with van der Waals surface area (Å²) in [6.45, 7) is 3.84. The van der Waals surface area contributed by atoms with Crippen LogP contribution in [0.5, 0.6) is 11.5 Å². The van der Waals surface area contributed by atoms with Gasteiger partial charge in [-0.1, -0.05) is 17.7 Å². The first kappa shape index (κ1) is 18.5. The number of hydrogen-bond acceptors (Lipinski definition) is 4. The lowest BCUT2D eigenvalue weighted by molar-refractivity contribution is -0.116. The molecule has 0 aromatic heterocycles. The summed E-state index contributed by atoms with van der Waals surface area (Å²) in [5, 5.41) is 2.80. The molecule has 5 nitrogen and oxygen atoms in total. The van der Waals surface area contributed by atoms with Crippen molar-refractivity contribution in [2.75, 3.05) is 19.5 Å². The minimum Gasteiger partial charge on any atom is -0.496 e. The fraction of sp³-hybridized carbons (Fsp3) is 0.300. The average Bonchev–Trinajstić information content (AvgIpc) is 2.60. The Hall–Kier alpha value is -2.82. The van der Waals surface area contributed by atoms with E-state index in [1.165, 1.54) is 7.11 Å².